The molecular weight excluding hydrogens is 496 g/mol. The van der Waals surface area contributed by atoms with E-state index in [2.05, 4.69) is 18.7 Å². The smallest absolute Gasteiger partial charge is 0.300 e. The van der Waals surface area contributed by atoms with Crippen LogP contribution in [0.3, 0.4) is 0 Å². The van der Waals surface area contributed by atoms with E-state index in [1.807, 2.05) is 0 Å². The third kappa shape index (κ3) is 27.3. The quantitative estimate of drug-likeness (QED) is 0.0371. The average molecular weight is 567 g/mol. The first-order valence-electron chi connectivity index (χ1n) is 18.0. The molecule has 0 radical (unpaired) electrons. The molecule has 0 rings (SSSR count). The lowest BCUT2D eigenvalue weighted by atomic mass is 9.93. The topological polar surface area (TPSA) is 63.6 Å². The summed E-state index contributed by atoms with van der Waals surface area (Å²) in [5.74, 6) is -1.60. The van der Waals surface area contributed by atoms with Gasteiger partial charge in [0.2, 0.25) is 0 Å². The highest BCUT2D eigenvalue weighted by Gasteiger charge is 2.27. The second-order valence-electron chi connectivity index (χ2n) is 12.5. The van der Waals surface area contributed by atoms with Gasteiger partial charge in [-0.1, -0.05) is 194 Å². The van der Waals surface area contributed by atoms with Gasteiger partial charge in [0.1, 0.15) is 11.7 Å². The van der Waals surface area contributed by atoms with Crippen molar-refractivity contribution >= 4 is 11.8 Å². The van der Waals surface area contributed by atoms with Crippen molar-refractivity contribution in [3.8, 4) is 0 Å². The third-order valence-electron chi connectivity index (χ3n) is 8.64. The van der Waals surface area contributed by atoms with Gasteiger partial charge in [-0.2, -0.15) is 5.26 Å². The van der Waals surface area contributed by atoms with Crippen LogP contribution in [0.1, 0.15) is 213 Å². The molecule has 1 unspecified atom stereocenters. The Morgan fingerprint density at radius 2 is 0.725 bits per heavy atom. The van der Waals surface area contributed by atoms with E-state index in [-0.39, 0.29) is 5.78 Å². The average Bonchev–Trinajstić information content (AvgIpc) is 2.96. The van der Waals surface area contributed by atoms with Crippen LogP contribution >= 0.6 is 0 Å². The predicted molar refractivity (Wildman–Crippen MR) is 172 cm³/mol. The van der Waals surface area contributed by atoms with Gasteiger partial charge < -0.3 is 4.89 Å². The summed E-state index contributed by atoms with van der Waals surface area (Å²) in [7, 11) is 0. The lowest BCUT2D eigenvalue weighted by Gasteiger charge is -2.12. The Bertz CT molecular complexity index is 533. The van der Waals surface area contributed by atoms with E-state index in [1.54, 1.807) is 0 Å². The molecule has 238 valence electrons. The Morgan fingerprint density at radius 1 is 0.450 bits per heavy atom. The summed E-state index contributed by atoms with van der Waals surface area (Å²) in [6.45, 7) is 4.54. The van der Waals surface area contributed by atoms with Crippen LogP contribution in [0, 0.1) is 5.92 Å². The molecule has 0 fully saturated rings. The molecule has 1 N–H and O–H groups in total. The summed E-state index contributed by atoms with van der Waals surface area (Å²) in [6.07, 6.45) is 38.3. The number of hydrogen-bond acceptors (Lipinski definition) is 4. The van der Waals surface area contributed by atoms with Crippen molar-refractivity contribution in [2.45, 2.75) is 213 Å². The summed E-state index contributed by atoms with van der Waals surface area (Å²) in [4.78, 5) is 28.6. The van der Waals surface area contributed by atoms with Crippen molar-refractivity contribution in [1.82, 2.24) is 0 Å². The van der Waals surface area contributed by atoms with Gasteiger partial charge in [-0.3, -0.25) is 4.79 Å². The van der Waals surface area contributed by atoms with E-state index >= 15 is 0 Å². The number of carbonyl (C=O) groups excluding carboxylic acids is 2. The zero-order valence-corrected chi connectivity index (χ0v) is 27.2. The molecule has 0 aromatic heterocycles. The van der Waals surface area contributed by atoms with E-state index in [4.69, 9.17) is 5.26 Å². The number of hydrogen-bond donors (Lipinski definition) is 1. The lowest BCUT2D eigenvalue weighted by Crippen LogP contribution is -2.25. The molecule has 4 nitrogen and oxygen atoms in total. The minimum Gasteiger partial charge on any atom is -0.300 e. The molecule has 0 aromatic rings. The summed E-state index contributed by atoms with van der Waals surface area (Å²) in [5.41, 5.74) is 0. The van der Waals surface area contributed by atoms with Crippen LogP contribution in [-0.2, 0) is 14.5 Å². The Labute approximate surface area is 250 Å². The van der Waals surface area contributed by atoms with E-state index in [1.165, 1.54) is 154 Å². The highest BCUT2D eigenvalue weighted by atomic mass is 17.1. The fourth-order valence-electron chi connectivity index (χ4n) is 5.86. The van der Waals surface area contributed by atoms with Crippen LogP contribution in [0.4, 0.5) is 0 Å². The maximum Gasteiger partial charge on any atom is 0.352 e. The second kappa shape index (κ2) is 32.6. The van der Waals surface area contributed by atoms with Gasteiger partial charge in [0.15, 0.2) is 0 Å². The summed E-state index contributed by atoms with van der Waals surface area (Å²) in [5, 5.41) is 8.87. The largest absolute Gasteiger partial charge is 0.352 e. The monoisotopic (exact) mass is 567 g/mol. The van der Waals surface area contributed by atoms with Crippen molar-refractivity contribution in [3.05, 3.63) is 0 Å². The van der Waals surface area contributed by atoms with E-state index < -0.39 is 11.9 Å². The molecule has 0 aliphatic carbocycles. The maximum atomic E-state index is 12.6. The molecule has 1 atom stereocenters. The van der Waals surface area contributed by atoms with Gasteiger partial charge in [0, 0.05) is 6.42 Å². The number of rotatable bonds is 33. The lowest BCUT2D eigenvalue weighted by molar-refractivity contribution is -0.238. The van der Waals surface area contributed by atoms with Crippen LogP contribution in [-0.4, -0.2) is 17.0 Å². The number of Topliss-reactive ketones (excluding diaryl/α,β-unsaturated/α-hetero) is 1. The molecule has 0 bridgehead atoms. The van der Waals surface area contributed by atoms with Gasteiger partial charge in [0.25, 0.3) is 0 Å². The van der Waals surface area contributed by atoms with Crippen LogP contribution in [0.25, 0.3) is 0 Å². The molecule has 0 amide bonds. The molecule has 0 saturated carbocycles. The zero-order valence-electron chi connectivity index (χ0n) is 27.2. The summed E-state index contributed by atoms with van der Waals surface area (Å²) < 4.78 is 0. The van der Waals surface area contributed by atoms with Gasteiger partial charge >= 0.3 is 5.97 Å². The fourth-order valence-corrected chi connectivity index (χ4v) is 5.86. The van der Waals surface area contributed by atoms with E-state index in [0.717, 1.165) is 32.1 Å². The van der Waals surface area contributed by atoms with Gasteiger partial charge in [0.05, 0.1) is 0 Å². The second-order valence-corrected chi connectivity index (χ2v) is 12.5. The van der Waals surface area contributed by atoms with E-state index in [9.17, 15) is 9.59 Å². The molecule has 0 aliphatic rings. The fraction of sp³-hybridized carbons (Fsp3) is 0.944. The number of unbranched alkanes of at least 4 members (excludes halogenated alkanes) is 27. The minimum atomic E-state index is -0.783. The Hall–Kier alpha value is -0.900. The van der Waals surface area contributed by atoms with Gasteiger partial charge in [-0.25, -0.2) is 4.79 Å². The standard InChI is InChI=1S/C36H70O4/c1-3-5-7-9-11-13-15-17-19-21-23-25-27-29-31-33-35(37)34(36(38)40-39)32-30-28-26-24-22-20-18-16-14-12-10-8-6-4-2/h34,39H,3-33H2,1-2H3. The third-order valence-corrected chi connectivity index (χ3v) is 8.64. The normalized spacial score (nSPS) is 12.1. The molecule has 4 heteroatoms. The highest BCUT2D eigenvalue weighted by molar-refractivity contribution is 5.98. The first-order chi connectivity index (χ1) is 19.7. The van der Waals surface area contributed by atoms with Crippen LogP contribution in [0.2, 0.25) is 0 Å². The van der Waals surface area contributed by atoms with E-state index in [0.29, 0.717) is 12.8 Å². The number of carbonyl (C=O) groups is 2. The van der Waals surface area contributed by atoms with Crippen LogP contribution < -0.4 is 0 Å². The molecule has 0 saturated heterocycles. The molecule has 40 heavy (non-hydrogen) atoms. The van der Waals surface area contributed by atoms with Gasteiger partial charge in [-0.05, 0) is 12.8 Å². The maximum absolute atomic E-state index is 12.6. The first-order valence-corrected chi connectivity index (χ1v) is 18.0. The van der Waals surface area contributed by atoms with Crippen molar-refractivity contribution in [1.29, 1.82) is 0 Å². The van der Waals surface area contributed by atoms with Gasteiger partial charge in [-0.15, -0.1) is 0 Å². The molecule has 0 aliphatic heterocycles. The Balaban J connectivity index is 3.64. The first kappa shape index (κ1) is 39.1. The number of ketones is 1. The molecule has 0 aromatic carbocycles. The Morgan fingerprint density at radius 3 is 1.02 bits per heavy atom. The van der Waals surface area contributed by atoms with Crippen molar-refractivity contribution in [2.75, 3.05) is 0 Å². The van der Waals surface area contributed by atoms with Crippen molar-refractivity contribution in [2.24, 2.45) is 5.92 Å². The summed E-state index contributed by atoms with van der Waals surface area (Å²) in [6, 6.07) is 0. The molecule has 0 spiro atoms. The predicted octanol–water partition coefficient (Wildman–Crippen LogP) is 12.3. The highest BCUT2D eigenvalue weighted by Crippen LogP contribution is 2.19. The van der Waals surface area contributed by atoms with Crippen molar-refractivity contribution < 1.29 is 19.7 Å². The SMILES string of the molecule is CCCCCCCCCCCCCCCCCC(=O)C(CCCCCCCCCCCCCCCC)C(=O)OO. The van der Waals surface area contributed by atoms with Crippen molar-refractivity contribution in [3.63, 3.8) is 0 Å². The Kier molecular flexibility index (Phi) is 31.9. The van der Waals surface area contributed by atoms with Crippen LogP contribution in [0.15, 0.2) is 0 Å². The zero-order chi connectivity index (χ0) is 29.4. The molecular formula is C36H70O4. The minimum absolute atomic E-state index is 0.0524. The summed E-state index contributed by atoms with van der Waals surface area (Å²) >= 11 is 0. The van der Waals surface area contributed by atoms with Crippen LogP contribution in [0.5, 0.6) is 0 Å². The molecule has 0 heterocycles.